The fourth-order valence-electron chi connectivity index (χ4n) is 2.37. The Labute approximate surface area is 119 Å². The summed E-state index contributed by atoms with van der Waals surface area (Å²) in [6, 6.07) is 0. The second-order valence-corrected chi connectivity index (χ2v) is 5.67. The van der Waals surface area contributed by atoms with Gasteiger partial charge in [-0.05, 0) is 31.2 Å². The van der Waals surface area contributed by atoms with Crippen molar-refractivity contribution < 1.29 is 24.6 Å². The molecular weight excluding hydrogens is 282 g/mol. The fourth-order valence-corrected chi connectivity index (χ4v) is 3.49. The minimum absolute atomic E-state index is 0.465. The second kappa shape index (κ2) is 6.04. The smallest absolute Gasteiger partial charge is 0.323 e. The minimum Gasteiger partial charge on any atom is -0.480 e. The summed E-state index contributed by atoms with van der Waals surface area (Å²) in [5.41, 5.74) is 1.43. The molecule has 1 aromatic rings. The van der Waals surface area contributed by atoms with E-state index in [0.29, 0.717) is 5.56 Å². The standard InChI is InChI=1S/C13H15NO5S/c15-11(16)5-14(6-12(17)18)13(19)9-7-20-10-4-2-1-3-8(9)10/h7H,1-6H2,(H,15,16)(H,17,18). The predicted molar refractivity (Wildman–Crippen MR) is 72.1 cm³/mol. The number of aliphatic carboxylic acids is 2. The van der Waals surface area contributed by atoms with Crippen LogP contribution in [0.3, 0.4) is 0 Å². The molecule has 108 valence electrons. The fraction of sp³-hybridized carbons (Fsp3) is 0.462. The lowest BCUT2D eigenvalue weighted by Gasteiger charge is -2.20. The van der Waals surface area contributed by atoms with Crippen LogP contribution >= 0.6 is 11.3 Å². The Bertz CT molecular complexity index is 535. The lowest BCUT2D eigenvalue weighted by Crippen LogP contribution is -2.39. The third-order valence-electron chi connectivity index (χ3n) is 3.23. The lowest BCUT2D eigenvalue weighted by atomic mass is 9.95. The summed E-state index contributed by atoms with van der Waals surface area (Å²) < 4.78 is 0. The zero-order valence-corrected chi connectivity index (χ0v) is 11.6. The van der Waals surface area contributed by atoms with Crippen LogP contribution in [0.2, 0.25) is 0 Å². The molecule has 0 saturated heterocycles. The maximum absolute atomic E-state index is 12.4. The van der Waals surface area contributed by atoms with Crippen molar-refractivity contribution in [1.29, 1.82) is 0 Å². The number of hydrogen-bond donors (Lipinski definition) is 2. The first-order valence-electron chi connectivity index (χ1n) is 6.31. The van der Waals surface area contributed by atoms with Crippen molar-refractivity contribution in [3.8, 4) is 0 Å². The van der Waals surface area contributed by atoms with Crippen LogP contribution in [-0.4, -0.2) is 46.0 Å². The molecule has 0 bridgehead atoms. The Morgan fingerprint density at radius 2 is 1.70 bits per heavy atom. The van der Waals surface area contributed by atoms with E-state index in [0.717, 1.165) is 41.0 Å². The highest BCUT2D eigenvalue weighted by Gasteiger charge is 2.26. The number of thiophene rings is 1. The summed E-state index contributed by atoms with van der Waals surface area (Å²) in [7, 11) is 0. The quantitative estimate of drug-likeness (QED) is 0.852. The molecule has 1 aliphatic rings. The summed E-state index contributed by atoms with van der Waals surface area (Å²) in [6.07, 6.45) is 3.83. The van der Waals surface area contributed by atoms with Crippen LogP contribution in [-0.2, 0) is 22.4 Å². The molecule has 1 aromatic heterocycles. The van der Waals surface area contributed by atoms with E-state index in [1.165, 1.54) is 11.3 Å². The zero-order chi connectivity index (χ0) is 14.7. The van der Waals surface area contributed by atoms with E-state index in [1.54, 1.807) is 5.38 Å². The Kier molecular flexibility index (Phi) is 4.39. The van der Waals surface area contributed by atoms with Crippen molar-refractivity contribution in [1.82, 2.24) is 4.90 Å². The molecule has 0 spiro atoms. The van der Waals surface area contributed by atoms with Gasteiger partial charge in [-0.3, -0.25) is 14.4 Å². The Balaban J connectivity index is 2.24. The first-order valence-corrected chi connectivity index (χ1v) is 7.19. The largest absolute Gasteiger partial charge is 0.480 e. The number of carboxylic acid groups (broad SMARTS) is 2. The van der Waals surface area contributed by atoms with E-state index in [4.69, 9.17) is 10.2 Å². The van der Waals surface area contributed by atoms with Crippen molar-refractivity contribution in [3.05, 3.63) is 21.4 Å². The van der Waals surface area contributed by atoms with E-state index in [9.17, 15) is 14.4 Å². The van der Waals surface area contributed by atoms with Crippen LogP contribution in [0.5, 0.6) is 0 Å². The minimum atomic E-state index is -1.22. The van der Waals surface area contributed by atoms with Crippen LogP contribution in [0.1, 0.15) is 33.6 Å². The third kappa shape index (κ3) is 3.16. The molecule has 1 heterocycles. The highest BCUT2D eigenvalue weighted by molar-refractivity contribution is 7.10. The molecule has 1 aliphatic carbocycles. The normalized spacial score (nSPS) is 13.6. The van der Waals surface area contributed by atoms with E-state index in [1.807, 2.05) is 0 Å². The van der Waals surface area contributed by atoms with Crippen molar-refractivity contribution in [2.75, 3.05) is 13.1 Å². The first-order chi connectivity index (χ1) is 9.49. The molecule has 0 fully saturated rings. The number of aryl methyl sites for hydroxylation is 1. The van der Waals surface area contributed by atoms with Gasteiger partial charge in [0, 0.05) is 10.3 Å². The van der Waals surface area contributed by atoms with E-state index < -0.39 is 30.9 Å². The second-order valence-electron chi connectivity index (χ2n) is 4.71. The average Bonchev–Trinajstić information content (AvgIpc) is 2.79. The Morgan fingerprint density at radius 3 is 2.30 bits per heavy atom. The molecule has 7 heteroatoms. The Morgan fingerprint density at radius 1 is 1.10 bits per heavy atom. The molecule has 20 heavy (non-hydrogen) atoms. The molecular formula is C13H15NO5S. The maximum atomic E-state index is 12.4. The van der Waals surface area contributed by atoms with E-state index in [2.05, 4.69) is 0 Å². The Hall–Kier alpha value is -1.89. The first kappa shape index (κ1) is 14.5. The molecule has 6 nitrogen and oxygen atoms in total. The molecule has 0 aromatic carbocycles. The van der Waals surface area contributed by atoms with Crippen LogP contribution in [0.4, 0.5) is 0 Å². The molecule has 0 aliphatic heterocycles. The summed E-state index contributed by atoms with van der Waals surface area (Å²) in [5.74, 6) is -2.94. The molecule has 2 rings (SSSR count). The van der Waals surface area contributed by atoms with Crippen molar-refractivity contribution in [2.45, 2.75) is 25.7 Å². The number of fused-ring (bicyclic) bond motifs is 1. The van der Waals surface area contributed by atoms with Crippen molar-refractivity contribution in [3.63, 3.8) is 0 Å². The molecule has 1 amide bonds. The van der Waals surface area contributed by atoms with Gasteiger partial charge in [-0.1, -0.05) is 0 Å². The molecule has 0 radical (unpaired) electrons. The van der Waals surface area contributed by atoms with Crippen molar-refractivity contribution >= 4 is 29.2 Å². The van der Waals surface area contributed by atoms with E-state index >= 15 is 0 Å². The number of nitrogens with zero attached hydrogens (tertiary/aromatic N) is 1. The zero-order valence-electron chi connectivity index (χ0n) is 10.8. The third-order valence-corrected chi connectivity index (χ3v) is 4.32. The number of amides is 1. The van der Waals surface area contributed by atoms with Gasteiger partial charge >= 0.3 is 11.9 Å². The SMILES string of the molecule is O=C(O)CN(CC(=O)O)C(=O)c1csc2c1CCCC2. The topological polar surface area (TPSA) is 94.9 Å². The summed E-state index contributed by atoms with van der Waals surface area (Å²) >= 11 is 1.49. The number of rotatable bonds is 5. The molecule has 0 atom stereocenters. The maximum Gasteiger partial charge on any atom is 0.323 e. The predicted octanol–water partition coefficient (Wildman–Crippen LogP) is 1.24. The average molecular weight is 297 g/mol. The van der Waals surface area contributed by atoms with Crippen LogP contribution < -0.4 is 0 Å². The number of carbonyl (C=O) groups excluding carboxylic acids is 1. The van der Waals surface area contributed by atoms with Gasteiger partial charge in [-0.25, -0.2) is 0 Å². The molecule has 0 saturated carbocycles. The monoisotopic (exact) mass is 297 g/mol. The highest BCUT2D eigenvalue weighted by Crippen LogP contribution is 2.30. The summed E-state index contributed by atoms with van der Waals surface area (Å²) in [6.45, 7) is -1.20. The van der Waals surface area contributed by atoms with Gasteiger partial charge in [-0.15, -0.1) is 11.3 Å². The molecule has 2 N–H and O–H groups in total. The van der Waals surface area contributed by atoms with Crippen LogP contribution in [0.25, 0.3) is 0 Å². The van der Waals surface area contributed by atoms with Gasteiger partial charge in [0.15, 0.2) is 0 Å². The van der Waals surface area contributed by atoms with Gasteiger partial charge in [0.2, 0.25) is 0 Å². The van der Waals surface area contributed by atoms with Gasteiger partial charge in [0.05, 0.1) is 5.56 Å². The lowest BCUT2D eigenvalue weighted by molar-refractivity contribution is -0.140. The van der Waals surface area contributed by atoms with E-state index in [-0.39, 0.29) is 0 Å². The van der Waals surface area contributed by atoms with Crippen LogP contribution in [0.15, 0.2) is 5.38 Å². The number of carboxylic acids is 2. The van der Waals surface area contributed by atoms with Gasteiger partial charge in [0.25, 0.3) is 5.91 Å². The number of hydrogen-bond acceptors (Lipinski definition) is 4. The molecule has 0 unspecified atom stereocenters. The summed E-state index contributed by atoms with van der Waals surface area (Å²) in [4.78, 5) is 35.9. The van der Waals surface area contributed by atoms with Gasteiger partial charge < -0.3 is 15.1 Å². The van der Waals surface area contributed by atoms with Gasteiger partial charge in [-0.2, -0.15) is 0 Å². The van der Waals surface area contributed by atoms with Gasteiger partial charge in [0.1, 0.15) is 13.1 Å². The van der Waals surface area contributed by atoms with Crippen molar-refractivity contribution in [2.24, 2.45) is 0 Å². The highest BCUT2D eigenvalue weighted by atomic mass is 32.1. The number of carbonyl (C=O) groups is 3. The summed E-state index contributed by atoms with van der Waals surface area (Å²) in [5, 5.41) is 19.3. The van der Waals surface area contributed by atoms with Crippen LogP contribution in [0, 0.1) is 0 Å².